The van der Waals surface area contributed by atoms with Crippen LogP contribution in [0.3, 0.4) is 0 Å². The summed E-state index contributed by atoms with van der Waals surface area (Å²) >= 11 is 0. The Morgan fingerprint density at radius 3 is 2.07 bits per heavy atom. The molecule has 1 heterocycles. The summed E-state index contributed by atoms with van der Waals surface area (Å²) in [5, 5.41) is 0. The predicted octanol–water partition coefficient (Wildman–Crippen LogP) is 2.92. The van der Waals surface area contributed by atoms with Gasteiger partial charge in [-0.3, -0.25) is 0 Å². The van der Waals surface area contributed by atoms with Crippen molar-refractivity contribution in [3.8, 4) is 5.75 Å². The molecular formula is C21H32O7. The molecule has 7 heteroatoms. The van der Waals surface area contributed by atoms with Crippen LogP contribution in [0.25, 0.3) is 0 Å². The first kappa shape index (κ1) is 22.6. The summed E-state index contributed by atoms with van der Waals surface area (Å²) in [5.41, 5.74) is 0.423. The first-order chi connectivity index (χ1) is 13.4. The van der Waals surface area contributed by atoms with Gasteiger partial charge in [0.15, 0.2) is 6.10 Å². The monoisotopic (exact) mass is 396 g/mol. The molecule has 2 rings (SSSR count). The average Bonchev–Trinajstić information content (AvgIpc) is 3.43. The van der Waals surface area contributed by atoms with Gasteiger partial charge in [0, 0.05) is 6.61 Å². The summed E-state index contributed by atoms with van der Waals surface area (Å²) in [7, 11) is 0. The number of esters is 1. The van der Waals surface area contributed by atoms with Gasteiger partial charge in [-0.15, -0.1) is 0 Å². The molecule has 1 aliphatic rings. The third-order valence-electron chi connectivity index (χ3n) is 3.78. The summed E-state index contributed by atoms with van der Waals surface area (Å²) in [6.07, 6.45) is -0.759. The Bertz CT molecular complexity index is 579. The molecule has 0 N–H and O–H groups in total. The van der Waals surface area contributed by atoms with Crippen molar-refractivity contribution in [3.05, 3.63) is 29.8 Å². The van der Waals surface area contributed by atoms with Crippen LogP contribution < -0.4 is 4.74 Å². The normalized spacial score (nSPS) is 18.7. The molecule has 1 fully saturated rings. The molecule has 0 saturated carbocycles. The van der Waals surface area contributed by atoms with E-state index in [1.807, 2.05) is 52.0 Å². The lowest BCUT2D eigenvalue weighted by molar-refractivity contribution is -0.156. The molecular weight excluding hydrogens is 364 g/mol. The lowest BCUT2D eigenvalue weighted by Crippen LogP contribution is -2.26. The maximum Gasteiger partial charge on any atom is 0.338 e. The van der Waals surface area contributed by atoms with Crippen molar-refractivity contribution in [2.45, 2.75) is 45.5 Å². The molecule has 2 atom stereocenters. The molecule has 0 unspecified atom stereocenters. The van der Waals surface area contributed by atoms with Gasteiger partial charge in [0.25, 0.3) is 0 Å². The highest BCUT2D eigenvalue weighted by Gasteiger charge is 2.48. The highest BCUT2D eigenvalue weighted by atomic mass is 16.6. The van der Waals surface area contributed by atoms with Crippen LogP contribution in [-0.2, 0) is 28.5 Å². The van der Waals surface area contributed by atoms with Crippen molar-refractivity contribution in [1.82, 2.24) is 0 Å². The maximum atomic E-state index is 12.0. The highest BCUT2D eigenvalue weighted by molar-refractivity contribution is 5.78. The Hall–Kier alpha value is -1.67. The molecule has 0 spiro atoms. The van der Waals surface area contributed by atoms with E-state index in [1.54, 1.807) is 0 Å². The number of hydrogen-bond donors (Lipinski definition) is 0. The van der Waals surface area contributed by atoms with Crippen molar-refractivity contribution in [2.75, 3.05) is 46.2 Å². The highest BCUT2D eigenvalue weighted by Crippen LogP contribution is 2.40. The summed E-state index contributed by atoms with van der Waals surface area (Å²) in [6, 6.07) is 7.52. The van der Waals surface area contributed by atoms with Crippen LogP contribution in [0.15, 0.2) is 24.3 Å². The second kappa shape index (κ2) is 11.4. The van der Waals surface area contributed by atoms with Gasteiger partial charge in [-0.2, -0.15) is 0 Å². The topological polar surface area (TPSA) is 75.8 Å². The molecule has 0 radical (unpaired) electrons. The van der Waals surface area contributed by atoms with E-state index in [0.29, 0.717) is 46.2 Å². The summed E-state index contributed by atoms with van der Waals surface area (Å²) in [4.78, 5) is 12.0. The largest absolute Gasteiger partial charge is 0.491 e. The fourth-order valence-corrected chi connectivity index (χ4v) is 2.46. The molecule has 0 bridgehead atoms. The van der Waals surface area contributed by atoms with Crippen LogP contribution in [0.2, 0.25) is 0 Å². The summed E-state index contributed by atoms with van der Waals surface area (Å²) in [6.45, 7) is 11.4. The number of rotatable bonds is 13. The molecule has 0 aliphatic carbocycles. The zero-order chi connectivity index (χ0) is 20.4. The van der Waals surface area contributed by atoms with Gasteiger partial charge < -0.3 is 28.4 Å². The lowest BCUT2D eigenvalue weighted by atomic mass is 10.1. The first-order valence-electron chi connectivity index (χ1n) is 9.75. The zero-order valence-corrected chi connectivity index (χ0v) is 17.3. The lowest BCUT2D eigenvalue weighted by Gasteiger charge is -2.18. The van der Waals surface area contributed by atoms with Crippen LogP contribution in [0.1, 0.15) is 39.4 Å². The molecule has 1 aromatic carbocycles. The fraction of sp³-hybridized carbons (Fsp3) is 0.667. The van der Waals surface area contributed by atoms with Gasteiger partial charge >= 0.3 is 5.97 Å². The first-order valence-corrected chi connectivity index (χ1v) is 9.75. The number of carbonyl (C=O) groups is 1. The molecule has 0 aromatic heterocycles. The molecule has 7 nitrogen and oxygen atoms in total. The second-order valence-electron chi connectivity index (χ2n) is 7.35. The third-order valence-corrected chi connectivity index (χ3v) is 3.78. The maximum absolute atomic E-state index is 12.0. The minimum Gasteiger partial charge on any atom is -0.491 e. The number of epoxide rings is 1. The molecule has 1 saturated heterocycles. The molecule has 0 amide bonds. The quantitative estimate of drug-likeness (QED) is 0.288. The van der Waals surface area contributed by atoms with Crippen molar-refractivity contribution in [1.29, 1.82) is 0 Å². The van der Waals surface area contributed by atoms with Gasteiger partial charge in [-0.1, -0.05) is 12.1 Å². The Morgan fingerprint density at radius 2 is 1.50 bits per heavy atom. The van der Waals surface area contributed by atoms with E-state index in [1.165, 1.54) is 0 Å². The van der Waals surface area contributed by atoms with E-state index in [4.69, 9.17) is 28.4 Å². The van der Waals surface area contributed by atoms with Crippen LogP contribution in [0, 0.1) is 0 Å². The Morgan fingerprint density at radius 1 is 0.929 bits per heavy atom. The minimum absolute atomic E-state index is 0.241. The van der Waals surface area contributed by atoms with Crippen LogP contribution in [0.4, 0.5) is 0 Å². The minimum atomic E-state index is -0.518. The van der Waals surface area contributed by atoms with E-state index in [9.17, 15) is 4.79 Å². The summed E-state index contributed by atoms with van der Waals surface area (Å²) < 4.78 is 32.4. The van der Waals surface area contributed by atoms with Crippen molar-refractivity contribution < 1.29 is 33.2 Å². The van der Waals surface area contributed by atoms with Crippen LogP contribution in [-0.4, -0.2) is 63.9 Å². The number of carbonyl (C=O) groups excluding carboxylic acids is 1. The summed E-state index contributed by atoms with van der Waals surface area (Å²) in [5.74, 6) is 0.423. The smallest absolute Gasteiger partial charge is 0.338 e. The standard InChI is InChI=1S/C21H32O7/c1-5-23-10-11-24-12-13-25-14-15-26-17-8-6-16(7-9-17)18-19(27-18)20(22)28-21(2,3)4/h6-9,18-19H,5,10-15H2,1-4H3/t18-,19+/m0/s1. The Balaban J connectivity index is 1.57. The second-order valence-corrected chi connectivity index (χ2v) is 7.35. The van der Waals surface area contributed by atoms with Gasteiger partial charge in [-0.05, 0) is 45.4 Å². The van der Waals surface area contributed by atoms with Gasteiger partial charge in [0.05, 0.1) is 33.0 Å². The number of hydrogen-bond acceptors (Lipinski definition) is 7. The average molecular weight is 396 g/mol. The zero-order valence-electron chi connectivity index (χ0n) is 17.3. The molecule has 1 aromatic rings. The fourth-order valence-electron chi connectivity index (χ4n) is 2.46. The number of benzene rings is 1. The molecule has 28 heavy (non-hydrogen) atoms. The SMILES string of the molecule is CCOCCOCCOCCOc1ccc([C@@H]2O[C@H]2C(=O)OC(C)(C)C)cc1. The number of ether oxygens (including phenoxy) is 6. The molecule has 1 aliphatic heterocycles. The van der Waals surface area contributed by atoms with Gasteiger partial charge in [0.2, 0.25) is 0 Å². The van der Waals surface area contributed by atoms with Gasteiger partial charge in [-0.25, -0.2) is 4.79 Å². The molecule has 158 valence electrons. The van der Waals surface area contributed by atoms with Crippen molar-refractivity contribution in [3.63, 3.8) is 0 Å². The van der Waals surface area contributed by atoms with E-state index >= 15 is 0 Å². The van der Waals surface area contributed by atoms with Crippen LogP contribution in [0.5, 0.6) is 5.75 Å². The van der Waals surface area contributed by atoms with E-state index in [-0.39, 0.29) is 12.1 Å². The predicted molar refractivity (Wildman–Crippen MR) is 104 cm³/mol. The van der Waals surface area contributed by atoms with Crippen molar-refractivity contribution >= 4 is 5.97 Å². The van der Waals surface area contributed by atoms with Crippen LogP contribution >= 0.6 is 0 Å². The Labute approximate surface area is 167 Å². The van der Waals surface area contributed by atoms with E-state index in [2.05, 4.69) is 0 Å². The third kappa shape index (κ3) is 8.56. The van der Waals surface area contributed by atoms with E-state index < -0.39 is 11.7 Å². The van der Waals surface area contributed by atoms with E-state index in [0.717, 1.165) is 11.3 Å². The Kier molecular flexibility index (Phi) is 9.18. The van der Waals surface area contributed by atoms with Crippen molar-refractivity contribution in [2.24, 2.45) is 0 Å². The van der Waals surface area contributed by atoms with Gasteiger partial charge in [0.1, 0.15) is 24.1 Å².